The summed E-state index contributed by atoms with van der Waals surface area (Å²) in [7, 11) is 0. The van der Waals surface area contributed by atoms with Crippen molar-refractivity contribution in [3.8, 4) is 0 Å². The van der Waals surface area contributed by atoms with Gasteiger partial charge in [-0.1, -0.05) is 155 Å². The Morgan fingerprint density at radius 3 is 1.16 bits per heavy atom. The molecule has 0 saturated carbocycles. The van der Waals surface area contributed by atoms with Crippen molar-refractivity contribution in [3.05, 3.63) is 0 Å². The van der Waals surface area contributed by atoms with E-state index in [-0.39, 0.29) is 25.1 Å². The summed E-state index contributed by atoms with van der Waals surface area (Å²) in [6, 6.07) is 0. The number of rotatable bonds is 30. The van der Waals surface area contributed by atoms with E-state index in [1.165, 1.54) is 128 Å². The van der Waals surface area contributed by atoms with Crippen molar-refractivity contribution in [2.24, 2.45) is 5.73 Å². The third-order valence-electron chi connectivity index (χ3n) is 7.46. The summed E-state index contributed by atoms with van der Waals surface area (Å²) < 4.78 is 10.7. The fourth-order valence-electron chi connectivity index (χ4n) is 4.87. The van der Waals surface area contributed by atoms with Crippen molar-refractivity contribution in [2.75, 3.05) is 13.2 Å². The van der Waals surface area contributed by atoms with Crippen LogP contribution in [0.5, 0.6) is 0 Å². The van der Waals surface area contributed by atoms with Crippen molar-refractivity contribution in [1.29, 1.82) is 0 Å². The highest BCUT2D eigenvalue weighted by Crippen LogP contribution is 2.14. The molecule has 5 heteroatoms. The molecule has 1 atom stereocenters. The Hall–Kier alpha value is -1.10. The normalized spacial score (nSPS) is 12.0. The Labute approximate surface area is 236 Å². The van der Waals surface area contributed by atoms with E-state index in [1.54, 1.807) is 0 Å². The van der Waals surface area contributed by atoms with Crippen LogP contribution in [0, 0.1) is 0 Å². The zero-order chi connectivity index (χ0) is 27.9. The first-order chi connectivity index (χ1) is 18.6. The minimum atomic E-state index is -0.536. The van der Waals surface area contributed by atoms with Crippen LogP contribution in [0.1, 0.15) is 181 Å². The van der Waals surface area contributed by atoms with Crippen LogP contribution in [-0.4, -0.2) is 31.2 Å². The maximum absolute atomic E-state index is 12.1. The number of hydrogen-bond acceptors (Lipinski definition) is 5. The number of unbranched alkanes of at least 4 members (excludes halogenated alkanes) is 22. The largest absolute Gasteiger partial charge is 0.462 e. The van der Waals surface area contributed by atoms with Crippen molar-refractivity contribution >= 4 is 11.9 Å². The molecule has 5 nitrogen and oxygen atoms in total. The zero-order valence-corrected chi connectivity index (χ0v) is 25.6. The number of hydrogen-bond donors (Lipinski definition) is 1. The van der Waals surface area contributed by atoms with Crippen LogP contribution in [0.25, 0.3) is 0 Å². The first kappa shape index (κ1) is 36.9. The van der Waals surface area contributed by atoms with Crippen molar-refractivity contribution in [2.45, 2.75) is 187 Å². The van der Waals surface area contributed by atoms with E-state index in [4.69, 9.17) is 15.2 Å². The summed E-state index contributed by atoms with van der Waals surface area (Å²) in [6.07, 6.45) is 30.7. The average Bonchev–Trinajstić information content (AvgIpc) is 2.92. The molecule has 226 valence electrons. The minimum Gasteiger partial charge on any atom is -0.462 e. The van der Waals surface area contributed by atoms with Crippen LogP contribution in [-0.2, 0) is 19.1 Å². The maximum Gasteiger partial charge on any atom is 0.306 e. The van der Waals surface area contributed by atoms with Crippen molar-refractivity contribution in [3.63, 3.8) is 0 Å². The molecule has 38 heavy (non-hydrogen) atoms. The first-order valence-corrected chi connectivity index (χ1v) is 16.7. The summed E-state index contributed by atoms with van der Waals surface area (Å²) in [5.74, 6) is -0.447. The summed E-state index contributed by atoms with van der Waals surface area (Å²) in [5.41, 5.74) is 5.73. The van der Waals surface area contributed by atoms with Gasteiger partial charge in [-0.15, -0.1) is 0 Å². The molecule has 0 saturated heterocycles. The fourth-order valence-corrected chi connectivity index (χ4v) is 4.87. The summed E-state index contributed by atoms with van der Waals surface area (Å²) in [6.45, 7) is 4.76. The standard InChI is InChI=1S/C33H65NO4/c1-3-5-7-9-11-13-15-16-18-19-21-23-25-27-32(35)37-30-31(29-34)38-33(36)28-26-24-22-20-17-14-12-10-8-6-4-2/h31H,3-30,34H2,1-2H3. The molecule has 0 bridgehead atoms. The van der Waals surface area contributed by atoms with Crippen LogP contribution < -0.4 is 5.73 Å². The Bertz CT molecular complexity index is 511. The number of esters is 2. The second kappa shape index (κ2) is 30.4. The summed E-state index contributed by atoms with van der Waals surface area (Å²) >= 11 is 0. The second-order valence-corrected chi connectivity index (χ2v) is 11.3. The molecule has 0 heterocycles. The number of ether oxygens (including phenoxy) is 2. The molecule has 0 aliphatic heterocycles. The molecule has 0 aromatic carbocycles. The molecule has 0 spiro atoms. The molecule has 0 fully saturated rings. The quantitative estimate of drug-likeness (QED) is 0.0726. The molecule has 1 unspecified atom stereocenters. The molecule has 0 aromatic rings. The Morgan fingerprint density at radius 1 is 0.500 bits per heavy atom. The smallest absolute Gasteiger partial charge is 0.306 e. The van der Waals surface area contributed by atoms with Crippen LogP contribution in [0.15, 0.2) is 0 Å². The van der Waals surface area contributed by atoms with Gasteiger partial charge in [0.05, 0.1) is 0 Å². The molecule has 0 aliphatic rings. The van der Waals surface area contributed by atoms with Gasteiger partial charge in [-0.05, 0) is 12.8 Å². The second-order valence-electron chi connectivity index (χ2n) is 11.3. The molecule has 0 rings (SSSR count). The van der Waals surface area contributed by atoms with Crippen LogP contribution in [0.3, 0.4) is 0 Å². The van der Waals surface area contributed by atoms with Gasteiger partial charge in [-0.2, -0.15) is 0 Å². The van der Waals surface area contributed by atoms with Gasteiger partial charge in [0.1, 0.15) is 12.7 Å². The molecule has 2 N–H and O–H groups in total. The third-order valence-corrected chi connectivity index (χ3v) is 7.46. The Balaban J connectivity index is 3.54. The SMILES string of the molecule is CCCCCCCCCCCCCCCC(=O)OCC(CN)OC(=O)CCCCCCCCCCCCC. The van der Waals surface area contributed by atoms with E-state index in [2.05, 4.69) is 13.8 Å². The number of carbonyl (C=O) groups is 2. The predicted molar refractivity (Wildman–Crippen MR) is 161 cm³/mol. The molecular formula is C33H65NO4. The molecule has 0 amide bonds. The van der Waals surface area contributed by atoms with Crippen molar-refractivity contribution < 1.29 is 19.1 Å². The van der Waals surface area contributed by atoms with Crippen LogP contribution in [0.2, 0.25) is 0 Å². The highest BCUT2D eigenvalue weighted by molar-refractivity contribution is 5.70. The number of carbonyl (C=O) groups excluding carboxylic acids is 2. The maximum atomic E-state index is 12.1. The number of nitrogens with two attached hydrogens (primary N) is 1. The molecular weight excluding hydrogens is 474 g/mol. The van der Waals surface area contributed by atoms with Crippen LogP contribution >= 0.6 is 0 Å². The molecule has 0 aliphatic carbocycles. The topological polar surface area (TPSA) is 78.6 Å². The highest BCUT2D eigenvalue weighted by Gasteiger charge is 2.15. The van der Waals surface area contributed by atoms with Gasteiger partial charge in [0.2, 0.25) is 0 Å². The third kappa shape index (κ3) is 27.9. The van der Waals surface area contributed by atoms with E-state index in [0.29, 0.717) is 12.8 Å². The zero-order valence-electron chi connectivity index (χ0n) is 25.6. The molecule has 0 radical (unpaired) electrons. The van der Waals surface area contributed by atoms with E-state index in [0.717, 1.165) is 25.7 Å². The van der Waals surface area contributed by atoms with Gasteiger partial charge < -0.3 is 15.2 Å². The van der Waals surface area contributed by atoms with Gasteiger partial charge in [0.15, 0.2) is 0 Å². The molecule has 0 aromatic heterocycles. The summed E-state index contributed by atoms with van der Waals surface area (Å²) in [4.78, 5) is 24.1. The van der Waals surface area contributed by atoms with E-state index in [1.807, 2.05) is 0 Å². The van der Waals surface area contributed by atoms with Crippen molar-refractivity contribution in [1.82, 2.24) is 0 Å². The fraction of sp³-hybridized carbons (Fsp3) is 0.939. The van der Waals surface area contributed by atoms with Gasteiger partial charge in [0, 0.05) is 19.4 Å². The summed E-state index contributed by atoms with van der Waals surface area (Å²) in [5, 5.41) is 0. The first-order valence-electron chi connectivity index (χ1n) is 16.7. The van der Waals surface area contributed by atoms with Gasteiger partial charge in [-0.3, -0.25) is 9.59 Å². The Morgan fingerprint density at radius 2 is 0.816 bits per heavy atom. The lowest BCUT2D eigenvalue weighted by atomic mass is 10.0. The monoisotopic (exact) mass is 539 g/mol. The van der Waals surface area contributed by atoms with E-state index >= 15 is 0 Å². The average molecular weight is 540 g/mol. The van der Waals surface area contributed by atoms with Crippen LogP contribution in [0.4, 0.5) is 0 Å². The lowest BCUT2D eigenvalue weighted by Crippen LogP contribution is -2.32. The highest BCUT2D eigenvalue weighted by atomic mass is 16.6. The van der Waals surface area contributed by atoms with Gasteiger partial charge in [-0.25, -0.2) is 0 Å². The Kier molecular flexibility index (Phi) is 29.6. The minimum absolute atomic E-state index is 0.0672. The lowest BCUT2D eigenvalue weighted by molar-refractivity contribution is -0.158. The van der Waals surface area contributed by atoms with E-state index < -0.39 is 6.10 Å². The van der Waals surface area contributed by atoms with E-state index in [9.17, 15) is 9.59 Å². The lowest BCUT2D eigenvalue weighted by Gasteiger charge is -2.16. The van der Waals surface area contributed by atoms with Gasteiger partial charge >= 0.3 is 11.9 Å². The van der Waals surface area contributed by atoms with Gasteiger partial charge in [0.25, 0.3) is 0 Å². The predicted octanol–water partition coefficient (Wildman–Crippen LogP) is 9.58.